The minimum Gasteiger partial charge on any atom is -0.495 e. The molecule has 0 atom stereocenters. The van der Waals surface area contributed by atoms with Crippen LogP contribution in [0.15, 0.2) is 53.7 Å². The van der Waals surface area contributed by atoms with E-state index in [0.29, 0.717) is 12.3 Å². The predicted octanol–water partition coefficient (Wildman–Crippen LogP) is 2.28. The monoisotopic (exact) mass is 424 g/mol. The van der Waals surface area contributed by atoms with Crippen molar-refractivity contribution in [3.05, 3.63) is 54.5 Å². The summed E-state index contributed by atoms with van der Waals surface area (Å²) in [6.07, 6.45) is 1.89. The highest BCUT2D eigenvalue weighted by Gasteiger charge is 2.05. The summed E-state index contributed by atoms with van der Waals surface area (Å²) in [4.78, 5) is 4.29. The fraction of sp³-hybridized carbons (Fsp3) is 0.133. The van der Waals surface area contributed by atoms with Crippen LogP contribution in [0, 0.1) is 0 Å². The molecule has 2 aromatic heterocycles. The number of anilines is 1. The first kappa shape index (κ1) is 17.0. The molecule has 0 unspecified atom stereocenters. The molecule has 1 aromatic carbocycles. The first-order valence-corrected chi connectivity index (χ1v) is 6.76. The Kier molecular flexibility index (Phi) is 5.74. The lowest BCUT2D eigenvalue weighted by molar-refractivity contribution is 0.417. The highest BCUT2D eigenvalue weighted by molar-refractivity contribution is 14.0. The summed E-state index contributed by atoms with van der Waals surface area (Å²) in [5, 5.41) is 11.2. The first-order valence-electron chi connectivity index (χ1n) is 6.76. The number of benzene rings is 1. The number of halogens is 1. The van der Waals surface area contributed by atoms with Crippen LogP contribution < -0.4 is 15.8 Å². The molecule has 3 aromatic rings. The number of hydrogen-bond donors (Lipinski definition) is 2. The number of nitrogens with zero attached hydrogens (tertiary/aromatic N) is 4. The van der Waals surface area contributed by atoms with Crippen LogP contribution in [0.1, 0.15) is 5.82 Å². The highest BCUT2D eigenvalue weighted by atomic mass is 127. The van der Waals surface area contributed by atoms with Crippen LogP contribution in [0.5, 0.6) is 5.75 Å². The van der Waals surface area contributed by atoms with Crippen molar-refractivity contribution in [2.75, 3.05) is 12.4 Å². The average molecular weight is 424 g/mol. The maximum Gasteiger partial charge on any atom is 0.193 e. The second-order valence-corrected chi connectivity index (χ2v) is 4.57. The number of aromatic nitrogens is 3. The minimum atomic E-state index is 0. The molecule has 0 spiro atoms. The molecule has 0 aliphatic carbocycles. The lowest BCUT2D eigenvalue weighted by Gasteiger charge is -2.09. The number of aliphatic imine (C=N–C) groups is 1. The van der Waals surface area contributed by atoms with Gasteiger partial charge in [-0.25, -0.2) is 4.99 Å². The first-order chi connectivity index (χ1) is 10.8. The molecule has 0 aliphatic heterocycles. The third-order valence-electron chi connectivity index (χ3n) is 3.14. The molecule has 3 rings (SSSR count). The fourth-order valence-corrected chi connectivity index (χ4v) is 2.08. The number of fused-ring (bicyclic) bond motifs is 1. The number of ether oxygens (including phenoxy) is 1. The van der Waals surface area contributed by atoms with Gasteiger partial charge in [-0.3, -0.25) is 4.40 Å². The zero-order chi connectivity index (χ0) is 15.4. The van der Waals surface area contributed by atoms with Gasteiger partial charge in [0.15, 0.2) is 17.4 Å². The van der Waals surface area contributed by atoms with Crippen LogP contribution in [0.3, 0.4) is 0 Å². The number of guanidine groups is 1. The second kappa shape index (κ2) is 7.77. The summed E-state index contributed by atoms with van der Waals surface area (Å²) < 4.78 is 7.13. The number of nitrogens with one attached hydrogen (secondary N) is 1. The smallest absolute Gasteiger partial charge is 0.193 e. The Bertz CT molecular complexity index is 816. The predicted molar refractivity (Wildman–Crippen MR) is 100 cm³/mol. The third-order valence-corrected chi connectivity index (χ3v) is 3.14. The Morgan fingerprint density at radius 3 is 2.83 bits per heavy atom. The molecule has 2 heterocycles. The van der Waals surface area contributed by atoms with Gasteiger partial charge >= 0.3 is 0 Å². The SMILES string of the molecule is COc1ccccc1NC(N)=NCc1nnc2ccccn12.I. The van der Waals surface area contributed by atoms with Crippen molar-refractivity contribution in [2.24, 2.45) is 10.7 Å². The van der Waals surface area contributed by atoms with E-state index in [1.165, 1.54) is 0 Å². The van der Waals surface area contributed by atoms with Crippen molar-refractivity contribution in [1.29, 1.82) is 0 Å². The molecule has 0 bridgehead atoms. The van der Waals surface area contributed by atoms with E-state index in [1.54, 1.807) is 7.11 Å². The Morgan fingerprint density at radius 2 is 2.00 bits per heavy atom. The lowest BCUT2D eigenvalue weighted by atomic mass is 10.3. The number of rotatable bonds is 4. The normalized spacial score (nSPS) is 11.1. The van der Waals surface area contributed by atoms with Crippen molar-refractivity contribution >= 4 is 41.3 Å². The van der Waals surface area contributed by atoms with E-state index >= 15 is 0 Å². The molecule has 0 radical (unpaired) electrons. The van der Waals surface area contributed by atoms with Gasteiger partial charge in [-0.2, -0.15) is 0 Å². The third kappa shape index (κ3) is 3.89. The summed E-state index contributed by atoms with van der Waals surface area (Å²) in [6, 6.07) is 13.2. The maximum absolute atomic E-state index is 5.92. The van der Waals surface area contributed by atoms with E-state index in [-0.39, 0.29) is 29.9 Å². The van der Waals surface area contributed by atoms with Crippen LogP contribution in [-0.2, 0) is 6.54 Å². The Labute approximate surface area is 150 Å². The standard InChI is InChI=1S/C15H16N6O.HI/c1-22-12-7-3-2-6-11(12)18-15(16)17-10-14-20-19-13-8-4-5-9-21(13)14;/h2-9H,10H2,1H3,(H3,16,17,18);1H. The van der Waals surface area contributed by atoms with Crippen molar-refractivity contribution in [1.82, 2.24) is 14.6 Å². The van der Waals surface area contributed by atoms with E-state index in [2.05, 4.69) is 20.5 Å². The molecule has 120 valence electrons. The zero-order valence-corrected chi connectivity index (χ0v) is 14.8. The van der Waals surface area contributed by atoms with Crippen LogP contribution >= 0.6 is 24.0 Å². The van der Waals surface area contributed by atoms with Gasteiger partial charge < -0.3 is 15.8 Å². The van der Waals surface area contributed by atoms with Crippen molar-refractivity contribution < 1.29 is 4.74 Å². The number of pyridine rings is 1. The van der Waals surface area contributed by atoms with Gasteiger partial charge in [0.2, 0.25) is 0 Å². The van der Waals surface area contributed by atoms with Gasteiger partial charge in [0.25, 0.3) is 0 Å². The summed E-state index contributed by atoms with van der Waals surface area (Å²) in [5.74, 6) is 1.71. The van der Waals surface area contributed by atoms with E-state index in [0.717, 1.165) is 17.2 Å². The minimum absolute atomic E-state index is 0. The van der Waals surface area contributed by atoms with Gasteiger partial charge in [-0.1, -0.05) is 18.2 Å². The molecular formula is C15H17IN6O. The molecule has 0 aliphatic rings. The van der Waals surface area contributed by atoms with Gasteiger partial charge in [0.1, 0.15) is 12.3 Å². The Hall–Kier alpha value is -2.36. The molecule has 7 nitrogen and oxygen atoms in total. The van der Waals surface area contributed by atoms with Crippen molar-refractivity contribution in [3.63, 3.8) is 0 Å². The number of hydrogen-bond acceptors (Lipinski definition) is 4. The van der Waals surface area contributed by atoms with E-state index < -0.39 is 0 Å². The van der Waals surface area contributed by atoms with Crippen LogP contribution in [0.2, 0.25) is 0 Å². The second-order valence-electron chi connectivity index (χ2n) is 4.57. The molecule has 0 fully saturated rings. The highest BCUT2D eigenvalue weighted by Crippen LogP contribution is 2.22. The molecule has 23 heavy (non-hydrogen) atoms. The molecule has 0 amide bonds. The summed E-state index contributed by atoms with van der Waals surface area (Å²) in [6.45, 7) is 0.333. The largest absolute Gasteiger partial charge is 0.495 e. The fourth-order valence-electron chi connectivity index (χ4n) is 2.08. The number of para-hydroxylation sites is 2. The molecular weight excluding hydrogens is 407 g/mol. The van der Waals surface area contributed by atoms with Gasteiger partial charge in [0, 0.05) is 6.20 Å². The van der Waals surface area contributed by atoms with E-state index in [4.69, 9.17) is 10.5 Å². The number of nitrogens with two attached hydrogens (primary N) is 1. The maximum atomic E-state index is 5.92. The van der Waals surface area contributed by atoms with Gasteiger partial charge in [-0.05, 0) is 24.3 Å². The topological polar surface area (TPSA) is 89.8 Å². The van der Waals surface area contributed by atoms with E-state index in [1.807, 2.05) is 53.1 Å². The van der Waals surface area contributed by atoms with Gasteiger partial charge in [0.05, 0.1) is 12.8 Å². The molecule has 8 heteroatoms. The van der Waals surface area contributed by atoms with Crippen LogP contribution in [0.25, 0.3) is 5.65 Å². The molecule has 0 saturated heterocycles. The van der Waals surface area contributed by atoms with Crippen molar-refractivity contribution in [3.8, 4) is 5.75 Å². The van der Waals surface area contributed by atoms with E-state index in [9.17, 15) is 0 Å². The van der Waals surface area contributed by atoms with Crippen LogP contribution in [-0.4, -0.2) is 27.7 Å². The molecule has 0 saturated carbocycles. The summed E-state index contributed by atoms with van der Waals surface area (Å²) in [5.41, 5.74) is 7.46. The zero-order valence-electron chi connectivity index (χ0n) is 12.5. The lowest BCUT2D eigenvalue weighted by Crippen LogP contribution is -2.23. The average Bonchev–Trinajstić information content (AvgIpc) is 2.97. The summed E-state index contributed by atoms with van der Waals surface area (Å²) in [7, 11) is 1.61. The van der Waals surface area contributed by atoms with Gasteiger partial charge in [-0.15, -0.1) is 34.2 Å². The number of methoxy groups -OCH3 is 1. The quantitative estimate of drug-likeness (QED) is 0.381. The molecule has 3 N–H and O–H groups in total. The summed E-state index contributed by atoms with van der Waals surface area (Å²) >= 11 is 0. The Balaban J connectivity index is 0.00000192. The van der Waals surface area contributed by atoms with Crippen molar-refractivity contribution in [2.45, 2.75) is 6.54 Å². The Morgan fingerprint density at radius 1 is 1.22 bits per heavy atom. The van der Waals surface area contributed by atoms with Crippen LogP contribution in [0.4, 0.5) is 5.69 Å².